The van der Waals surface area contributed by atoms with Crippen molar-refractivity contribution < 1.29 is 4.39 Å². The van der Waals surface area contributed by atoms with Crippen LogP contribution in [0.2, 0.25) is 0 Å². The predicted octanol–water partition coefficient (Wildman–Crippen LogP) is 4.00. The number of hydrogen-bond acceptors (Lipinski definition) is 3. The highest BCUT2D eigenvalue weighted by molar-refractivity contribution is 7.11. The van der Waals surface area contributed by atoms with E-state index in [-0.39, 0.29) is 11.9 Å². The fourth-order valence-electron chi connectivity index (χ4n) is 2.95. The van der Waals surface area contributed by atoms with Gasteiger partial charge in [0.15, 0.2) is 0 Å². The topological polar surface area (TPSA) is 24.9 Å². The SMILES string of the molecule is Fc1ccc(C(NC2CC2)c2nc3c(s2)CCCC3)cc1. The van der Waals surface area contributed by atoms with Gasteiger partial charge in [0, 0.05) is 10.9 Å². The van der Waals surface area contributed by atoms with Crippen molar-refractivity contribution in [3.05, 3.63) is 51.2 Å². The maximum atomic E-state index is 13.2. The van der Waals surface area contributed by atoms with E-state index in [0.29, 0.717) is 6.04 Å². The average molecular weight is 302 g/mol. The summed E-state index contributed by atoms with van der Waals surface area (Å²) in [6.45, 7) is 0. The number of aromatic nitrogens is 1. The first-order valence-electron chi connectivity index (χ1n) is 7.79. The highest BCUT2D eigenvalue weighted by atomic mass is 32.1. The lowest BCUT2D eigenvalue weighted by Gasteiger charge is -2.16. The molecule has 0 saturated heterocycles. The summed E-state index contributed by atoms with van der Waals surface area (Å²) in [5.74, 6) is -0.178. The summed E-state index contributed by atoms with van der Waals surface area (Å²) < 4.78 is 13.2. The van der Waals surface area contributed by atoms with Crippen molar-refractivity contribution in [1.29, 1.82) is 0 Å². The Morgan fingerprint density at radius 1 is 1.14 bits per heavy atom. The second kappa shape index (κ2) is 5.50. The Kier molecular flexibility index (Phi) is 3.51. The van der Waals surface area contributed by atoms with Gasteiger partial charge >= 0.3 is 0 Å². The third-order valence-corrected chi connectivity index (χ3v) is 5.51. The van der Waals surface area contributed by atoms with Crippen LogP contribution in [0.15, 0.2) is 24.3 Å². The van der Waals surface area contributed by atoms with E-state index in [1.165, 1.54) is 42.7 Å². The molecule has 0 aliphatic heterocycles. The standard InChI is InChI=1S/C17H19FN2S/c18-12-7-5-11(6-8-12)16(19-13-9-10-13)17-20-14-3-1-2-4-15(14)21-17/h5-8,13,16,19H,1-4,9-10H2. The molecule has 0 radical (unpaired) electrons. The van der Waals surface area contributed by atoms with E-state index in [1.54, 1.807) is 12.1 Å². The van der Waals surface area contributed by atoms with Crippen LogP contribution >= 0.6 is 11.3 Å². The van der Waals surface area contributed by atoms with Gasteiger partial charge in [-0.05, 0) is 56.2 Å². The lowest BCUT2D eigenvalue weighted by atomic mass is 10.0. The zero-order chi connectivity index (χ0) is 14.2. The molecule has 110 valence electrons. The van der Waals surface area contributed by atoms with Crippen molar-refractivity contribution in [2.45, 2.75) is 50.6 Å². The average Bonchev–Trinajstić information content (AvgIpc) is 3.22. The molecular weight excluding hydrogens is 283 g/mol. The van der Waals surface area contributed by atoms with Crippen molar-refractivity contribution in [3.63, 3.8) is 0 Å². The summed E-state index contributed by atoms with van der Waals surface area (Å²) >= 11 is 1.84. The Hall–Kier alpha value is -1.26. The Morgan fingerprint density at radius 3 is 2.62 bits per heavy atom. The molecule has 4 rings (SSSR count). The Bertz CT molecular complexity index is 607. The molecule has 2 aromatic rings. The smallest absolute Gasteiger partial charge is 0.123 e. The minimum absolute atomic E-state index is 0.119. The van der Waals surface area contributed by atoms with E-state index >= 15 is 0 Å². The first kappa shape index (κ1) is 13.4. The fraction of sp³-hybridized carbons (Fsp3) is 0.471. The van der Waals surface area contributed by atoms with Gasteiger partial charge < -0.3 is 5.32 Å². The highest BCUT2D eigenvalue weighted by Crippen LogP contribution is 2.34. The molecule has 1 unspecified atom stereocenters. The zero-order valence-electron chi connectivity index (χ0n) is 11.9. The van der Waals surface area contributed by atoms with Crippen LogP contribution in [0.3, 0.4) is 0 Å². The van der Waals surface area contributed by atoms with Crippen molar-refractivity contribution >= 4 is 11.3 Å². The fourth-order valence-corrected chi connectivity index (χ4v) is 4.19. The first-order valence-corrected chi connectivity index (χ1v) is 8.61. The molecule has 1 N–H and O–H groups in total. The molecule has 0 spiro atoms. The van der Waals surface area contributed by atoms with Crippen LogP contribution in [-0.2, 0) is 12.8 Å². The first-order chi connectivity index (χ1) is 10.3. The Balaban J connectivity index is 1.67. The lowest BCUT2D eigenvalue weighted by molar-refractivity contribution is 0.589. The number of fused-ring (bicyclic) bond motifs is 1. The summed E-state index contributed by atoms with van der Waals surface area (Å²) in [6, 6.07) is 7.58. The zero-order valence-corrected chi connectivity index (χ0v) is 12.8. The Labute approximate surface area is 128 Å². The quantitative estimate of drug-likeness (QED) is 0.923. The van der Waals surface area contributed by atoms with Crippen molar-refractivity contribution in [3.8, 4) is 0 Å². The van der Waals surface area contributed by atoms with Crippen LogP contribution in [0.5, 0.6) is 0 Å². The molecule has 1 aromatic heterocycles. The minimum atomic E-state index is -0.178. The molecule has 0 bridgehead atoms. The predicted molar refractivity (Wildman–Crippen MR) is 83.2 cm³/mol. The van der Waals surface area contributed by atoms with E-state index in [4.69, 9.17) is 4.98 Å². The number of aryl methyl sites for hydroxylation is 2. The van der Waals surface area contributed by atoms with Crippen LogP contribution in [-0.4, -0.2) is 11.0 Å². The molecule has 2 nitrogen and oxygen atoms in total. The number of rotatable bonds is 4. The summed E-state index contributed by atoms with van der Waals surface area (Å²) in [4.78, 5) is 6.35. The summed E-state index contributed by atoms with van der Waals surface area (Å²) in [7, 11) is 0. The molecule has 1 saturated carbocycles. The number of benzene rings is 1. The van der Waals surface area contributed by atoms with Crippen molar-refractivity contribution in [1.82, 2.24) is 10.3 Å². The van der Waals surface area contributed by atoms with Crippen molar-refractivity contribution in [2.75, 3.05) is 0 Å². The Morgan fingerprint density at radius 2 is 1.90 bits per heavy atom. The molecule has 0 amide bonds. The second-order valence-corrected chi connectivity index (χ2v) is 7.17. The van der Waals surface area contributed by atoms with Gasteiger partial charge in [-0.2, -0.15) is 0 Å². The molecule has 21 heavy (non-hydrogen) atoms. The maximum absolute atomic E-state index is 13.2. The van der Waals surface area contributed by atoms with Gasteiger partial charge in [0.25, 0.3) is 0 Å². The van der Waals surface area contributed by atoms with E-state index < -0.39 is 0 Å². The minimum Gasteiger partial charge on any atom is -0.301 e. The van der Waals surface area contributed by atoms with Gasteiger partial charge in [0.1, 0.15) is 10.8 Å². The lowest BCUT2D eigenvalue weighted by Crippen LogP contribution is -2.24. The van der Waals surface area contributed by atoms with Gasteiger partial charge in [-0.3, -0.25) is 0 Å². The van der Waals surface area contributed by atoms with E-state index in [0.717, 1.165) is 17.0 Å². The molecule has 4 heteroatoms. The van der Waals surface area contributed by atoms with Crippen molar-refractivity contribution in [2.24, 2.45) is 0 Å². The van der Waals surface area contributed by atoms with E-state index in [1.807, 2.05) is 23.5 Å². The van der Waals surface area contributed by atoms with Crippen LogP contribution < -0.4 is 5.32 Å². The van der Waals surface area contributed by atoms with Crippen LogP contribution in [0, 0.1) is 5.82 Å². The number of nitrogens with one attached hydrogen (secondary N) is 1. The molecule has 1 fully saturated rings. The second-order valence-electron chi connectivity index (χ2n) is 6.05. The number of nitrogens with zero attached hydrogens (tertiary/aromatic N) is 1. The maximum Gasteiger partial charge on any atom is 0.123 e. The molecular formula is C17H19FN2S. The van der Waals surface area contributed by atoms with Crippen LogP contribution in [0.25, 0.3) is 0 Å². The largest absolute Gasteiger partial charge is 0.301 e. The van der Waals surface area contributed by atoms with Gasteiger partial charge in [-0.25, -0.2) is 9.37 Å². The van der Waals surface area contributed by atoms with Crippen LogP contribution in [0.4, 0.5) is 4.39 Å². The monoisotopic (exact) mass is 302 g/mol. The van der Waals surface area contributed by atoms with Gasteiger partial charge in [-0.15, -0.1) is 11.3 Å². The summed E-state index contributed by atoms with van der Waals surface area (Å²) in [5.41, 5.74) is 2.42. The third kappa shape index (κ3) is 2.87. The van der Waals surface area contributed by atoms with E-state index in [2.05, 4.69) is 5.32 Å². The van der Waals surface area contributed by atoms with Gasteiger partial charge in [0.05, 0.1) is 11.7 Å². The molecule has 2 aliphatic rings. The molecule has 1 heterocycles. The summed E-state index contributed by atoms with van der Waals surface area (Å²) in [5, 5.41) is 4.83. The number of hydrogen-bond donors (Lipinski definition) is 1. The van der Waals surface area contributed by atoms with Gasteiger partial charge in [-0.1, -0.05) is 12.1 Å². The third-order valence-electron chi connectivity index (χ3n) is 4.29. The van der Waals surface area contributed by atoms with Gasteiger partial charge in [0.2, 0.25) is 0 Å². The number of halogens is 1. The molecule has 2 aliphatic carbocycles. The van der Waals surface area contributed by atoms with E-state index in [9.17, 15) is 4.39 Å². The van der Waals surface area contributed by atoms with Crippen LogP contribution in [0.1, 0.15) is 52.9 Å². The normalized spacial score (nSPS) is 19.3. The molecule has 1 aromatic carbocycles. The summed E-state index contributed by atoms with van der Waals surface area (Å²) in [6.07, 6.45) is 7.31. The highest BCUT2D eigenvalue weighted by Gasteiger charge is 2.29. The number of thiazole rings is 1. The molecule has 1 atom stereocenters.